The maximum absolute atomic E-state index is 13.1. The van der Waals surface area contributed by atoms with E-state index in [0.717, 1.165) is 16.1 Å². The van der Waals surface area contributed by atoms with Crippen LogP contribution in [0.4, 0.5) is 0 Å². The molecule has 0 radical (unpaired) electrons. The summed E-state index contributed by atoms with van der Waals surface area (Å²) in [6.07, 6.45) is 1.89. The van der Waals surface area contributed by atoms with E-state index in [2.05, 4.69) is 0 Å². The number of nitrogens with zero attached hydrogens (tertiary/aromatic N) is 3. The second kappa shape index (κ2) is 7.40. The van der Waals surface area contributed by atoms with E-state index in [4.69, 9.17) is 0 Å². The van der Waals surface area contributed by atoms with Crippen LogP contribution >= 0.6 is 0 Å². The van der Waals surface area contributed by atoms with Gasteiger partial charge in [-0.2, -0.15) is 5.26 Å². The predicted octanol–water partition coefficient (Wildman–Crippen LogP) is 4.08. The molecule has 0 aromatic heterocycles. The minimum Gasteiger partial charge on any atom is -0.267 e. The van der Waals surface area contributed by atoms with E-state index in [9.17, 15) is 14.9 Å². The van der Waals surface area contributed by atoms with Gasteiger partial charge in [-0.3, -0.25) is 9.59 Å². The van der Waals surface area contributed by atoms with Crippen LogP contribution in [-0.2, 0) is 0 Å². The Hall–Kier alpha value is -3.13. The summed E-state index contributed by atoms with van der Waals surface area (Å²) in [7, 11) is 0. The summed E-state index contributed by atoms with van der Waals surface area (Å²) >= 11 is 0. The van der Waals surface area contributed by atoms with E-state index in [-0.39, 0.29) is 0 Å². The number of carbonyl (C=O) groups is 2. The Morgan fingerprint density at radius 1 is 0.923 bits per heavy atom. The summed E-state index contributed by atoms with van der Waals surface area (Å²) in [6.45, 7) is 9.09. The van der Waals surface area contributed by atoms with Gasteiger partial charge in [-0.1, -0.05) is 30.3 Å². The lowest BCUT2D eigenvalue weighted by atomic mass is 10.0. The van der Waals surface area contributed by atoms with Crippen molar-refractivity contribution in [3.05, 3.63) is 70.8 Å². The van der Waals surface area contributed by atoms with Crippen LogP contribution in [0.2, 0.25) is 0 Å². The lowest BCUT2D eigenvalue weighted by Crippen LogP contribution is -2.56. The summed E-state index contributed by atoms with van der Waals surface area (Å²) in [6, 6.07) is 14.0. The molecule has 0 aliphatic rings. The van der Waals surface area contributed by atoms with Crippen LogP contribution in [0.1, 0.15) is 52.6 Å². The second-order valence-electron chi connectivity index (χ2n) is 7.12. The van der Waals surface area contributed by atoms with Crippen LogP contribution in [0.5, 0.6) is 0 Å². The molecule has 2 amide bonds. The Bertz CT molecular complexity index is 861. The molecule has 0 saturated carbocycles. The third-order valence-corrected chi connectivity index (χ3v) is 4.17. The van der Waals surface area contributed by atoms with Crippen molar-refractivity contribution in [3.63, 3.8) is 0 Å². The van der Waals surface area contributed by atoms with Gasteiger partial charge >= 0.3 is 0 Å². The van der Waals surface area contributed by atoms with Crippen molar-refractivity contribution in [1.82, 2.24) is 10.0 Å². The van der Waals surface area contributed by atoms with E-state index in [0.29, 0.717) is 11.1 Å². The van der Waals surface area contributed by atoms with Crippen LogP contribution < -0.4 is 0 Å². The highest BCUT2D eigenvalue weighted by atomic mass is 16.2. The molecule has 2 aromatic rings. The molecule has 0 bridgehead atoms. The smallest absolute Gasteiger partial charge is 0.267 e. The maximum Gasteiger partial charge on any atom is 0.286 e. The van der Waals surface area contributed by atoms with Crippen molar-refractivity contribution >= 4 is 11.8 Å². The number of amides is 2. The molecule has 0 aliphatic carbocycles. The van der Waals surface area contributed by atoms with Gasteiger partial charge in [-0.25, -0.2) is 5.01 Å². The van der Waals surface area contributed by atoms with Crippen LogP contribution in [0, 0.1) is 25.3 Å². The van der Waals surface area contributed by atoms with Crippen LogP contribution in [0.3, 0.4) is 0 Å². The van der Waals surface area contributed by atoms with Crippen molar-refractivity contribution in [3.8, 4) is 6.19 Å². The van der Waals surface area contributed by atoms with E-state index in [1.165, 1.54) is 5.01 Å². The highest BCUT2D eigenvalue weighted by Gasteiger charge is 2.36. The minimum absolute atomic E-state index is 0.404. The first-order valence-electron chi connectivity index (χ1n) is 8.38. The molecule has 0 atom stereocenters. The van der Waals surface area contributed by atoms with E-state index >= 15 is 0 Å². The SMILES string of the molecule is Cc1cccc(C(=O)N(C#N)N(C(=O)c2ccccc2)C(C)(C)C)c1C. The Kier molecular flexibility index (Phi) is 5.47. The zero-order chi connectivity index (χ0) is 19.5. The molecule has 26 heavy (non-hydrogen) atoms. The Labute approximate surface area is 154 Å². The molecule has 0 unspecified atom stereocenters. The van der Waals surface area contributed by atoms with Gasteiger partial charge in [-0.05, 0) is 63.9 Å². The number of nitriles is 1. The van der Waals surface area contributed by atoms with Crippen molar-refractivity contribution in [2.45, 2.75) is 40.2 Å². The van der Waals surface area contributed by atoms with Crippen LogP contribution in [0.15, 0.2) is 48.5 Å². The number of carbonyl (C=O) groups excluding carboxylic acids is 2. The Morgan fingerprint density at radius 3 is 2.08 bits per heavy atom. The van der Waals surface area contributed by atoms with Crippen LogP contribution in [-0.4, -0.2) is 27.4 Å². The summed E-state index contributed by atoms with van der Waals surface area (Å²) in [5.41, 5.74) is 1.79. The second-order valence-corrected chi connectivity index (χ2v) is 7.12. The summed E-state index contributed by atoms with van der Waals surface area (Å²) in [5, 5.41) is 11.8. The molecule has 2 rings (SSSR count). The number of benzene rings is 2. The largest absolute Gasteiger partial charge is 0.286 e. The van der Waals surface area contributed by atoms with Crippen molar-refractivity contribution in [2.24, 2.45) is 0 Å². The molecule has 0 spiro atoms. The van der Waals surface area contributed by atoms with E-state index in [1.54, 1.807) is 57.2 Å². The molecular formula is C21H23N3O2. The molecule has 5 nitrogen and oxygen atoms in total. The summed E-state index contributed by atoms with van der Waals surface area (Å²) in [4.78, 5) is 26.1. The fourth-order valence-electron chi connectivity index (χ4n) is 2.68. The number of aryl methyl sites for hydroxylation is 1. The lowest BCUT2D eigenvalue weighted by molar-refractivity contribution is -0.0167. The highest BCUT2D eigenvalue weighted by Crippen LogP contribution is 2.23. The van der Waals surface area contributed by atoms with Gasteiger partial charge in [0.05, 0.1) is 5.54 Å². The molecule has 0 heterocycles. The highest BCUT2D eigenvalue weighted by molar-refractivity contribution is 6.01. The average molecular weight is 349 g/mol. The quantitative estimate of drug-likeness (QED) is 0.466. The van der Waals surface area contributed by atoms with Crippen molar-refractivity contribution < 1.29 is 9.59 Å². The fourth-order valence-corrected chi connectivity index (χ4v) is 2.68. The van der Waals surface area contributed by atoms with Gasteiger partial charge in [0.25, 0.3) is 11.8 Å². The summed E-state index contributed by atoms with van der Waals surface area (Å²) in [5.74, 6) is -0.925. The first-order chi connectivity index (χ1) is 12.2. The molecular weight excluding hydrogens is 326 g/mol. The zero-order valence-electron chi connectivity index (χ0n) is 15.8. The first-order valence-corrected chi connectivity index (χ1v) is 8.38. The normalized spacial score (nSPS) is 10.8. The monoisotopic (exact) mass is 349 g/mol. The topological polar surface area (TPSA) is 64.4 Å². The van der Waals surface area contributed by atoms with Crippen LogP contribution in [0.25, 0.3) is 0 Å². The van der Waals surface area contributed by atoms with Gasteiger partial charge in [0.15, 0.2) is 0 Å². The van der Waals surface area contributed by atoms with Gasteiger partial charge < -0.3 is 0 Å². The molecule has 0 N–H and O–H groups in total. The fraction of sp³-hybridized carbons (Fsp3) is 0.286. The third-order valence-electron chi connectivity index (χ3n) is 4.17. The van der Waals surface area contributed by atoms with E-state index in [1.807, 2.05) is 32.2 Å². The molecule has 5 heteroatoms. The maximum atomic E-state index is 13.1. The number of hydrogen-bond donors (Lipinski definition) is 0. The number of hydrazine groups is 1. The minimum atomic E-state index is -0.768. The molecule has 0 fully saturated rings. The molecule has 0 aliphatic heterocycles. The van der Waals surface area contributed by atoms with Gasteiger partial charge in [0, 0.05) is 11.1 Å². The molecule has 134 valence electrons. The lowest BCUT2D eigenvalue weighted by Gasteiger charge is -2.39. The molecule has 2 aromatic carbocycles. The summed E-state index contributed by atoms with van der Waals surface area (Å²) < 4.78 is 0. The standard InChI is InChI=1S/C21H23N3O2/c1-15-10-9-13-18(16(15)2)20(26)23(14-22)24(21(3,4)5)19(25)17-11-7-6-8-12-17/h6-13H,1-5H3. The van der Waals surface area contributed by atoms with Gasteiger partial charge in [-0.15, -0.1) is 5.01 Å². The van der Waals surface area contributed by atoms with Gasteiger partial charge in [0.1, 0.15) is 0 Å². The van der Waals surface area contributed by atoms with Gasteiger partial charge in [0.2, 0.25) is 6.19 Å². The molecule has 0 saturated heterocycles. The zero-order valence-corrected chi connectivity index (χ0v) is 15.8. The first kappa shape index (κ1) is 19.2. The van der Waals surface area contributed by atoms with Crippen molar-refractivity contribution in [2.75, 3.05) is 0 Å². The number of hydrogen-bond acceptors (Lipinski definition) is 3. The average Bonchev–Trinajstić information content (AvgIpc) is 2.60. The third kappa shape index (κ3) is 3.75. The van der Waals surface area contributed by atoms with E-state index < -0.39 is 17.4 Å². The number of rotatable bonds is 2. The van der Waals surface area contributed by atoms with Crippen molar-refractivity contribution in [1.29, 1.82) is 5.26 Å². The Morgan fingerprint density at radius 2 is 1.54 bits per heavy atom. The predicted molar refractivity (Wildman–Crippen MR) is 100 cm³/mol. The Balaban J connectivity index is 2.52.